The minimum atomic E-state index is -4.94. The standard InChI is InChI=1S/C20H21F3N4O3.C6H4Cl2/c1-12(2)16(25-19(29)20(21,22)23)11-30-15-5-6-17-13(8-15)9-24-27(17)14-4-7-18(28)26(3)10-14;7-5-2-1-3-6(8)4-5/h4-10,12,16H,11H2,1-3H3,(H,25,29);1-4H. The van der Waals surface area contributed by atoms with Crippen LogP contribution >= 0.6 is 23.2 Å². The second-order valence-corrected chi connectivity index (χ2v) is 9.56. The number of carbonyl (C=O) groups excluding carboxylic acids is 1. The maximum atomic E-state index is 12.5. The first-order valence-corrected chi connectivity index (χ1v) is 12.2. The fraction of sp³-hybridized carbons (Fsp3) is 0.269. The number of nitrogens with one attached hydrogen (secondary N) is 1. The first kappa shape index (κ1) is 29.1. The number of halogens is 5. The van der Waals surface area contributed by atoms with Crippen molar-refractivity contribution in [2.75, 3.05) is 6.61 Å². The van der Waals surface area contributed by atoms with E-state index in [1.165, 1.54) is 10.6 Å². The van der Waals surface area contributed by atoms with Crippen LogP contribution in [0.4, 0.5) is 13.2 Å². The van der Waals surface area contributed by atoms with Gasteiger partial charge in [0, 0.05) is 34.7 Å². The highest BCUT2D eigenvalue weighted by molar-refractivity contribution is 6.34. The Hall–Kier alpha value is -3.50. The van der Waals surface area contributed by atoms with Gasteiger partial charge in [-0.3, -0.25) is 9.59 Å². The molecule has 38 heavy (non-hydrogen) atoms. The van der Waals surface area contributed by atoms with Crippen molar-refractivity contribution in [1.29, 1.82) is 0 Å². The second kappa shape index (κ2) is 12.4. The predicted molar refractivity (Wildman–Crippen MR) is 141 cm³/mol. The molecule has 2 aromatic carbocycles. The Morgan fingerprint density at radius 2 is 1.76 bits per heavy atom. The van der Waals surface area contributed by atoms with Crippen molar-refractivity contribution >= 4 is 40.0 Å². The molecule has 0 aliphatic heterocycles. The van der Waals surface area contributed by atoms with Crippen LogP contribution < -0.4 is 15.6 Å². The highest BCUT2D eigenvalue weighted by Crippen LogP contribution is 2.24. The lowest BCUT2D eigenvalue weighted by molar-refractivity contribution is -0.174. The number of aromatic nitrogens is 3. The van der Waals surface area contributed by atoms with Crippen molar-refractivity contribution in [3.05, 3.63) is 87.4 Å². The molecule has 4 aromatic rings. The summed E-state index contributed by atoms with van der Waals surface area (Å²) in [4.78, 5) is 22.8. The number of ether oxygens (including phenoxy) is 1. The van der Waals surface area contributed by atoms with Crippen LogP contribution in [0.2, 0.25) is 10.0 Å². The van der Waals surface area contributed by atoms with Gasteiger partial charge in [-0.05, 0) is 48.4 Å². The minimum Gasteiger partial charge on any atom is -0.491 e. The van der Waals surface area contributed by atoms with Gasteiger partial charge in [-0.15, -0.1) is 0 Å². The molecule has 4 rings (SSSR count). The molecule has 0 saturated carbocycles. The number of carbonyl (C=O) groups is 1. The number of pyridine rings is 1. The Balaban J connectivity index is 0.000000427. The summed E-state index contributed by atoms with van der Waals surface area (Å²) in [6.07, 6.45) is -1.66. The second-order valence-electron chi connectivity index (χ2n) is 8.69. The highest BCUT2D eigenvalue weighted by atomic mass is 35.5. The normalized spacial score (nSPS) is 12.1. The molecule has 0 bridgehead atoms. The lowest BCUT2D eigenvalue weighted by atomic mass is 10.1. The summed E-state index contributed by atoms with van der Waals surface area (Å²) in [5.74, 6) is -1.80. The van der Waals surface area contributed by atoms with E-state index in [2.05, 4.69) is 5.10 Å². The van der Waals surface area contributed by atoms with Gasteiger partial charge >= 0.3 is 12.1 Å². The fourth-order valence-electron chi connectivity index (χ4n) is 3.31. The molecule has 1 atom stereocenters. The number of rotatable bonds is 6. The Bertz CT molecular complexity index is 1450. The molecule has 1 amide bonds. The van der Waals surface area contributed by atoms with Crippen molar-refractivity contribution in [3.63, 3.8) is 0 Å². The summed E-state index contributed by atoms with van der Waals surface area (Å²) >= 11 is 11.1. The quantitative estimate of drug-likeness (QED) is 0.319. The minimum absolute atomic E-state index is 0.111. The number of hydrogen-bond donors (Lipinski definition) is 1. The number of alkyl halides is 3. The monoisotopic (exact) mass is 568 g/mol. The van der Waals surface area contributed by atoms with Crippen LogP contribution in [0.15, 0.2) is 71.8 Å². The topological polar surface area (TPSA) is 78.2 Å². The van der Waals surface area contributed by atoms with Gasteiger partial charge in [0.1, 0.15) is 12.4 Å². The molecule has 12 heteroatoms. The van der Waals surface area contributed by atoms with Gasteiger partial charge in [0.25, 0.3) is 0 Å². The van der Waals surface area contributed by atoms with Crippen LogP contribution in [0.25, 0.3) is 16.6 Å². The van der Waals surface area contributed by atoms with Gasteiger partial charge in [-0.25, -0.2) is 4.68 Å². The number of amides is 1. The van der Waals surface area contributed by atoms with Crippen molar-refractivity contribution in [2.24, 2.45) is 13.0 Å². The first-order valence-electron chi connectivity index (χ1n) is 11.4. The van der Waals surface area contributed by atoms with E-state index in [0.29, 0.717) is 21.5 Å². The number of benzene rings is 2. The van der Waals surface area contributed by atoms with Crippen LogP contribution in [0.5, 0.6) is 5.75 Å². The Morgan fingerprint density at radius 1 is 1.08 bits per heavy atom. The molecular weight excluding hydrogens is 544 g/mol. The van der Waals surface area contributed by atoms with Gasteiger partial charge < -0.3 is 14.6 Å². The zero-order valence-corrected chi connectivity index (χ0v) is 22.2. The summed E-state index contributed by atoms with van der Waals surface area (Å²) in [6, 6.07) is 14.5. The third-order valence-corrected chi connectivity index (χ3v) is 5.92. The molecular formula is C26H25Cl2F3N4O3. The summed E-state index contributed by atoms with van der Waals surface area (Å²) in [5.41, 5.74) is 1.34. The molecule has 2 heterocycles. The number of fused-ring (bicyclic) bond motifs is 1. The molecule has 7 nitrogen and oxygen atoms in total. The van der Waals surface area contributed by atoms with Gasteiger partial charge in [-0.2, -0.15) is 18.3 Å². The molecule has 2 aromatic heterocycles. The van der Waals surface area contributed by atoms with Crippen LogP contribution in [-0.4, -0.2) is 39.1 Å². The summed E-state index contributed by atoms with van der Waals surface area (Å²) in [6.45, 7) is 3.29. The van der Waals surface area contributed by atoms with E-state index in [0.717, 1.165) is 10.9 Å². The lowest BCUT2D eigenvalue weighted by Gasteiger charge is -2.23. The van der Waals surface area contributed by atoms with Crippen LogP contribution in [-0.2, 0) is 11.8 Å². The molecule has 0 aliphatic carbocycles. The van der Waals surface area contributed by atoms with Crippen LogP contribution in [0.3, 0.4) is 0 Å². The van der Waals surface area contributed by atoms with Crippen molar-refractivity contribution in [1.82, 2.24) is 19.7 Å². The zero-order valence-electron chi connectivity index (χ0n) is 20.7. The van der Waals surface area contributed by atoms with E-state index in [4.69, 9.17) is 27.9 Å². The summed E-state index contributed by atoms with van der Waals surface area (Å²) < 4.78 is 46.3. The van der Waals surface area contributed by atoms with E-state index in [1.54, 1.807) is 80.4 Å². The van der Waals surface area contributed by atoms with Gasteiger partial charge in [0.15, 0.2) is 0 Å². The molecule has 0 saturated heterocycles. The molecule has 0 radical (unpaired) electrons. The third-order valence-electron chi connectivity index (χ3n) is 5.45. The maximum Gasteiger partial charge on any atom is 0.471 e. The molecule has 0 spiro atoms. The van der Waals surface area contributed by atoms with Crippen LogP contribution in [0.1, 0.15) is 13.8 Å². The molecule has 0 fully saturated rings. The number of hydrogen-bond acceptors (Lipinski definition) is 4. The van der Waals surface area contributed by atoms with Crippen molar-refractivity contribution < 1.29 is 22.7 Å². The average Bonchev–Trinajstić information content (AvgIpc) is 3.26. The van der Waals surface area contributed by atoms with E-state index >= 15 is 0 Å². The fourth-order valence-corrected chi connectivity index (χ4v) is 3.74. The number of nitrogens with zero attached hydrogens (tertiary/aromatic N) is 3. The van der Waals surface area contributed by atoms with Gasteiger partial charge in [0.2, 0.25) is 5.56 Å². The Labute approximate surface area is 226 Å². The first-order chi connectivity index (χ1) is 17.8. The zero-order chi connectivity index (χ0) is 28.0. The smallest absolute Gasteiger partial charge is 0.471 e. The predicted octanol–water partition coefficient (Wildman–Crippen LogP) is 5.80. The molecule has 1 N–H and O–H groups in total. The molecule has 202 valence electrons. The maximum absolute atomic E-state index is 12.5. The Morgan fingerprint density at radius 3 is 2.32 bits per heavy atom. The SMILES string of the molecule is CC(C)C(COc1ccc2c(cnn2-c2ccc(=O)n(C)c2)c1)NC(=O)C(F)(F)F.Clc1cccc(Cl)c1. The van der Waals surface area contributed by atoms with E-state index in [1.807, 2.05) is 11.4 Å². The average molecular weight is 569 g/mol. The van der Waals surface area contributed by atoms with Gasteiger partial charge in [0.05, 0.1) is 23.4 Å². The van der Waals surface area contributed by atoms with Crippen LogP contribution in [0, 0.1) is 5.92 Å². The highest BCUT2D eigenvalue weighted by Gasteiger charge is 2.40. The summed E-state index contributed by atoms with van der Waals surface area (Å²) in [7, 11) is 1.65. The Kier molecular flexibility index (Phi) is 9.45. The number of aryl methyl sites for hydroxylation is 1. The van der Waals surface area contributed by atoms with E-state index in [-0.39, 0.29) is 18.1 Å². The van der Waals surface area contributed by atoms with Crippen molar-refractivity contribution in [3.8, 4) is 11.4 Å². The van der Waals surface area contributed by atoms with Gasteiger partial charge in [-0.1, -0.05) is 43.1 Å². The van der Waals surface area contributed by atoms with Crippen molar-refractivity contribution in [2.45, 2.75) is 26.1 Å². The molecule has 1 unspecified atom stereocenters. The lowest BCUT2D eigenvalue weighted by Crippen LogP contribution is -2.48. The van der Waals surface area contributed by atoms with E-state index in [9.17, 15) is 22.8 Å². The summed E-state index contributed by atoms with van der Waals surface area (Å²) in [5, 5.41) is 8.41. The molecule has 0 aliphatic rings. The largest absolute Gasteiger partial charge is 0.491 e. The van der Waals surface area contributed by atoms with E-state index < -0.39 is 18.1 Å². The third kappa shape index (κ3) is 7.75.